The van der Waals surface area contributed by atoms with Crippen molar-refractivity contribution in [1.29, 1.82) is 0 Å². The van der Waals surface area contributed by atoms with Gasteiger partial charge >= 0.3 is 20.3 Å². The second-order valence-electron chi connectivity index (χ2n) is 24.1. The van der Waals surface area contributed by atoms with Crippen LogP contribution in [0.2, 0.25) is 0 Å². The van der Waals surface area contributed by atoms with Gasteiger partial charge in [0.15, 0.2) is 0 Å². The van der Waals surface area contributed by atoms with Crippen LogP contribution in [0.1, 0.15) is 37.5 Å². The Bertz CT molecular complexity index is 2220. The lowest BCUT2D eigenvalue weighted by molar-refractivity contribution is -0.119. The number of nitrogens with zero attached hydrogens (tertiary/aromatic N) is 5. The smallest absolute Gasteiger partial charge is 0.409 e. The van der Waals surface area contributed by atoms with Crippen LogP contribution >= 0.6 is 0 Å². The van der Waals surface area contributed by atoms with E-state index in [2.05, 4.69) is 134 Å². The molecule has 12 saturated heterocycles. The van der Waals surface area contributed by atoms with Crippen molar-refractivity contribution in [1.82, 2.24) is 40.4 Å². The van der Waals surface area contributed by atoms with Crippen molar-refractivity contribution < 1.29 is 41.9 Å². The molecular weight excluding hydrogens is 937 g/mol. The van der Waals surface area contributed by atoms with E-state index < -0.39 is 20.3 Å². The molecular formula is C54H84B3N8O9-3. The van der Waals surface area contributed by atoms with Gasteiger partial charge < -0.3 is 57.8 Å². The van der Waals surface area contributed by atoms with E-state index in [-0.39, 0.29) is 16.2 Å². The topological polar surface area (TPSA) is 135 Å². The van der Waals surface area contributed by atoms with Crippen molar-refractivity contribution in [3.8, 4) is 0 Å². The van der Waals surface area contributed by atoms with E-state index in [1.54, 1.807) is 0 Å². The molecule has 2 unspecified atom stereocenters. The van der Waals surface area contributed by atoms with Gasteiger partial charge in [-0.15, -0.1) is 16.4 Å². The van der Waals surface area contributed by atoms with Gasteiger partial charge in [0.25, 0.3) is 0 Å². The predicted molar refractivity (Wildman–Crippen MR) is 291 cm³/mol. The van der Waals surface area contributed by atoms with E-state index in [4.69, 9.17) is 41.9 Å². The number of hydrogen-bond donors (Lipinski definition) is 3. The number of benzene rings is 3. The van der Waals surface area contributed by atoms with Gasteiger partial charge in [-0.1, -0.05) is 93.6 Å². The molecule has 17 nitrogen and oxygen atoms in total. The molecule has 12 aliphatic heterocycles. The minimum atomic E-state index is -1.91. The Morgan fingerprint density at radius 2 is 0.568 bits per heavy atom. The van der Waals surface area contributed by atoms with Gasteiger partial charge in [-0.2, -0.15) is 0 Å². The zero-order valence-electron chi connectivity index (χ0n) is 44.8. The summed E-state index contributed by atoms with van der Waals surface area (Å²) in [6.45, 7) is 26.6. The third kappa shape index (κ3) is 12.7. The Balaban J connectivity index is 0.816. The molecule has 15 rings (SSSR count). The average Bonchev–Trinajstić information content (AvgIpc) is 3.43. The Kier molecular flexibility index (Phi) is 16.7. The van der Waals surface area contributed by atoms with Gasteiger partial charge in [-0.25, -0.2) is 0 Å². The Morgan fingerprint density at radius 1 is 0.324 bits per heavy atom. The fraction of sp³-hybridized carbons (Fsp3) is 0.667. The largest absolute Gasteiger partial charge is 0.540 e. The van der Waals surface area contributed by atoms with Crippen LogP contribution in [0.25, 0.3) is 0 Å². The lowest BCUT2D eigenvalue weighted by Crippen LogP contribution is -2.68. The molecule has 3 aromatic rings. The molecule has 3 N–H and O–H groups in total. The highest BCUT2D eigenvalue weighted by Gasteiger charge is 2.49. The molecule has 12 heterocycles. The Labute approximate surface area is 440 Å². The summed E-state index contributed by atoms with van der Waals surface area (Å²) in [7, 11) is 0. The predicted octanol–water partition coefficient (Wildman–Crippen LogP) is 0.581. The summed E-state index contributed by atoms with van der Waals surface area (Å²) in [6, 6.07) is 26.5. The molecule has 0 amide bonds. The summed E-state index contributed by atoms with van der Waals surface area (Å²) >= 11 is 0. The molecule has 2 atom stereocenters. The zero-order chi connectivity index (χ0) is 50.5. The van der Waals surface area contributed by atoms with E-state index in [0.717, 1.165) is 154 Å². The molecule has 0 saturated carbocycles. The van der Waals surface area contributed by atoms with Crippen LogP contribution in [0.4, 0.5) is 0 Å². The first-order valence-electron chi connectivity index (χ1n) is 28.2. The summed E-state index contributed by atoms with van der Waals surface area (Å²) in [4.78, 5) is 13.3. The minimum Gasteiger partial charge on any atom is -0.540 e. The first-order chi connectivity index (χ1) is 36.0. The molecule has 0 aliphatic carbocycles. The molecule has 12 fully saturated rings. The minimum absolute atomic E-state index is 0.0602. The summed E-state index contributed by atoms with van der Waals surface area (Å²) in [6.07, 6.45) is 0. The van der Waals surface area contributed by atoms with Gasteiger partial charge in [0.2, 0.25) is 0 Å². The molecule has 0 radical (unpaired) electrons. The molecule has 406 valence electrons. The van der Waals surface area contributed by atoms with Crippen molar-refractivity contribution >= 4 is 36.7 Å². The molecule has 0 spiro atoms. The summed E-state index contributed by atoms with van der Waals surface area (Å²) in [5.41, 5.74) is 6.58. The van der Waals surface area contributed by atoms with Crippen LogP contribution in [-0.4, -0.2) is 222 Å². The molecule has 0 aromatic heterocycles. The first-order valence-corrected chi connectivity index (χ1v) is 28.2. The van der Waals surface area contributed by atoms with Crippen molar-refractivity contribution in [3.05, 3.63) is 89.5 Å². The monoisotopic (exact) mass is 1020 g/mol. The van der Waals surface area contributed by atoms with E-state index in [1.165, 1.54) is 16.7 Å². The number of rotatable bonds is 9. The normalized spacial score (nSPS) is 36.7. The van der Waals surface area contributed by atoms with Crippen molar-refractivity contribution in [2.75, 3.05) is 177 Å². The molecule has 12 aliphatic rings. The summed E-state index contributed by atoms with van der Waals surface area (Å²) in [5, 5.41) is 11.4. The fourth-order valence-corrected chi connectivity index (χ4v) is 11.9. The van der Waals surface area contributed by atoms with Crippen molar-refractivity contribution in [2.45, 2.75) is 40.4 Å². The van der Waals surface area contributed by atoms with E-state index in [9.17, 15) is 0 Å². The maximum absolute atomic E-state index is 6.29. The quantitative estimate of drug-likeness (QED) is 0.258. The molecule has 74 heavy (non-hydrogen) atoms. The van der Waals surface area contributed by atoms with Crippen molar-refractivity contribution in [2.24, 2.45) is 16.2 Å². The Hall–Kier alpha value is -2.83. The average molecular weight is 1020 g/mol. The molecule has 20 heteroatoms. The highest BCUT2D eigenvalue weighted by Crippen LogP contribution is 2.37. The fourth-order valence-electron chi connectivity index (χ4n) is 11.9. The van der Waals surface area contributed by atoms with Crippen LogP contribution in [0, 0.1) is 16.2 Å². The lowest BCUT2D eigenvalue weighted by atomic mass is 9.64. The summed E-state index contributed by atoms with van der Waals surface area (Å²) in [5.74, 6) is 0. The van der Waals surface area contributed by atoms with Gasteiger partial charge in [0.1, 0.15) is 0 Å². The van der Waals surface area contributed by atoms with Gasteiger partial charge in [0, 0.05) is 213 Å². The highest BCUT2D eigenvalue weighted by atomic mass is 16.8. The Morgan fingerprint density at radius 3 is 0.878 bits per heavy atom. The van der Waals surface area contributed by atoms with Gasteiger partial charge in [-0.05, 0) is 16.7 Å². The second-order valence-corrected chi connectivity index (χ2v) is 24.1. The van der Waals surface area contributed by atoms with Crippen LogP contribution in [0.3, 0.4) is 0 Å². The van der Waals surface area contributed by atoms with E-state index in [1.807, 2.05) is 0 Å². The maximum Gasteiger partial charge on any atom is 0.409 e. The van der Waals surface area contributed by atoms with Gasteiger partial charge in [-0.3, -0.25) is 24.5 Å². The SMILES string of the molecule is CC12CO[B-](c3ccc(CN4CCNCCN5CCNCCNCCN(CC4)CCN(Cc4ccc([B-]67OCC(C)(CO6)CO7)cc4)CCN(Cc4ccc([B-]67OCC(C)(CO6)CO7)cc4)CC5)cc3)(OC1)OC2. The van der Waals surface area contributed by atoms with E-state index >= 15 is 0 Å². The number of nitrogens with one attached hydrogen (secondary N) is 3. The third-order valence-corrected chi connectivity index (χ3v) is 17.1. The number of fused-ring (bicyclic) bond motifs is 30. The first kappa shape index (κ1) is 53.2. The number of hydrogen-bond acceptors (Lipinski definition) is 17. The lowest BCUT2D eigenvalue weighted by Gasteiger charge is -2.58. The van der Waals surface area contributed by atoms with Crippen LogP contribution in [0.15, 0.2) is 72.8 Å². The second kappa shape index (κ2) is 23.3. The van der Waals surface area contributed by atoms with Crippen molar-refractivity contribution in [3.63, 3.8) is 0 Å². The molecule has 3 aromatic carbocycles. The standard InChI is InChI=1S/C54H84B3N8O9/c1-52-37-66-55(67-38-52,68-39-52)49-10-4-46(5-11-49)34-63-25-21-60-20-23-61-22-18-58-16-17-59-19-24-62(27-29-63)28-31-65(36-48-8-14-51(15-9-48)57-72-43-54(3,44-73-57)45-74-57)33-32-64(30-26-61)35-47-6-12-50(13-7-47)56-69-40-53(2,41-70-56)42-71-56/h4-15,58-60H,16-45H2,1-3H3/q-3. The zero-order valence-corrected chi connectivity index (χ0v) is 44.8. The van der Waals surface area contributed by atoms with Crippen LogP contribution < -0.4 is 32.3 Å². The van der Waals surface area contributed by atoms with Gasteiger partial charge in [0.05, 0.1) is 0 Å². The van der Waals surface area contributed by atoms with Crippen LogP contribution in [-0.2, 0) is 61.5 Å². The summed E-state index contributed by atoms with van der Waals surface area (Å²) < 4.78 is 56.4. The maximum atomic E-state index is 6.29. The van der Waals surface area contributed by atoms with E-state index in [0.29, 0.717) is 59.5 Å². The third-order valence-electron chi connectivity index (χ3n) is 17.1. The highest BCUT2D eigenvalue weighted by molar-refractivity contribution is 6.76. The molecule has 8 bridgehead atoms. The van der Waals surface area contributed by atoms with Crippen LogP contribution in [0.5, 0.6) is 0 Å².